The number of carbonyl (C=O) groups excluding carboxylic acids is 1. The molecular formula is C22H27N3O. The number of hydrogen-bond donors (Lipinski definition) is 0. The third-order valence-electron chi connectivity index (χ3n) is 5.24. The summed E-state index contributed by atoms with van der Waals surface area (Å²) in [5, 5.41) is 8.72. The maximum absolute atomic E-state index is 11.3. The van der Waals surface area contributed by atoms with Crippen LogP contribution in [-0.4, -0.2) is 17.9 Å². The summed E-state index contributed by atoms with van der Waals surface area (Å²) in [6, 6.07) is 13.6. The third kappa shape index (κ3) is 3.55. The highest BCUT2D eigenvalue weighted by molar-refractivity contribution is 5.94. The zero-order valence-electron chi connectivity index (χ0n) is 16.3. The predicted molar refractivity (Wildman–Crippen MR) is 107 cm³/mol. The molecular weight excluding hydrogens is 322 g/mol. The van der Waals surface area contributed by atoms with Crippen LogP contribution in [0.15, 0.2) is 52.7 Å². The third-order valence-corrected chi connectivity index (χ3v) is 5.24. The van der Waals surface area contributed by atoms with Crippen LogP contribution < -0.4 is 4.90 Å². The van der Waals surface area contributed by atoms with Gasteiger partial charge in [0, 0.05) is 23.3 Å². The molecule has 0 spiro atoms. The van der Waals surface area contributed by atoms with E-state index in [1.54, 1.807) is 19.1 Å². The van der Waals surface area contributed by atoms with Crippen LogP contribution in [0, 0.1) is 0 Å². The standard InChI is InChI=1S/C22H27N3O/c1-6-25-21-12-11-19(13-20(21)15(2)14-22(25,4)5)24-23-18-9-7-17(8-10-18)16(3)26/h7-13,15H,6,14H2,1-5H3/t15-/m0/s1. The zero-order chi connectivity index (χ0) is 18.9. The number of hydrogen-bond acceptors (Lipinski definition) is 4. The minimum Gasteiger partial charge on any atom is -0.366 e. The van der Waals surface area contributed by atoms with Gasteiger partial charge in [-0.2, -0.15) is 10.2 Å². The molecule has 0 radical (unpaired) electrons. The van der Waals surface area contributed by atoms with Crippen molar-refractivity contribution < 1.29 is 4.79 Å². The van der Waals surface area contributed by atoms with Crippen LogP contribution in [0.25, 0.3) is 0 Å². The molecule has 0 aromatic heterocycles. The van der Waals surface area contributed by atoms with Crippen LogP contribution in [0.2, 0.25) is 0 Å². The summed E-state index contributed by atoms with van der Waals surface area (Å²) in [6.07, 6.45) is 1.13. The Bertz CT molecular complexity index is 837. The number of carbonyl (C=O) groups is 1. The van der Waals surface area contributed by atoms with E-state index in [0.717, 1.165) is 24.3 Å². The molecule has 0 fully saturated rings. The fourth-order valence-corrected chi connectivity index (χ4v) is 4.02. The summed E-state index contributed by atoms with van der Waals surface area (Å²) in [5.74, 6) is 0.549. The Hall–Kier alpha value is -2.49. The number of nitrogens with zero attached hydrogens (tertiary/aromatic N) is 3. The van der Waals surface area contributed by atoms with E-state index >= 15 is 0 Å². The van der Waals surface area contributed by atoms with Crippen LogP contribution in [0.4, 0.5) is 17.1 Å². The first-order valence-electron chi connectivity index (χ1n) is 9.26. The quantitative estimate of drug-likeness (QED) is 0.472. The molecule has 2 aromatic carbocycles. The lowest BCUT2D eigenvalue weighted by molar-refractivity contribution is 0.101. The van der Waals surface area contributed by atoms with E-state index < -0.39 is 0 Å². The highest BCUT2D eigenvalue weighted by Gasteiger charge is 2.35. The van der Waals surface area contributed by atoms with Crippen LogP contribution in [0.3, 0.4) is 0 Å². The van der Waals surface area contributed by atoms with E-state index in [0.29, 0.717) is 11.5 Å². The Kier molecular flexibility index (Phi) is 4.94. The van der Waals surface area contributed by atoms with E-state index in [-0.39, 0.29) is 11.3 Å². The fourth-order valence-electron chi connectivity index (χ4n) is 4.02. The average Bonchev–Trinajstić information content (AvgIpc) is 2.60. The van der Waals surface area contributed by atoms with Crippen molar-refractivity contribution in [3.63, 3.8) is 0 Å². The van der Waals surface area contributed by atoms with Crippen LogP contribution in [-0.2, 0) is 0 Å². The van der Waals surface area contributed by atoms with Gasteiger partial charge >= 0.3 is 0 Å². The van der Waals surface area contributed by atoms with Crippen molar-refractivity contribution in [3.05, 3.63) is 53.6 Å². The van der Waals surface area contributed by atoms with Gasteiger partial charge in [0.25, 0.3) is 0 Å². The molecule has 2 aromatic rings. The lowest BCUT2D eigenvalue weighted by Crippen LogP contribution is -2.48. The highest BCUT2D eigenvalue weighted by Crippen LogP contribution is 2.44. The molecule has 0 saturated heterocycles. The molecule has 1 aliphatic heterocycles. The van der Waals surface area contributed by atoms with Gasteiger partial charge in [-0.25, -0.2) is 0 Å². The molecule has 1 atom stereocenters. The topological polar surface area (TPSA) is 45.0 Å². The fraction of sp³-hybridized carbons (Fsp3) is 0.409. The van der Waals surface area contributed by atoms with Crippen LogP contribution in [0.1, 0.15) is 62.9 Å². The molecule has 0 aliphatic carbocycles. The van der Waals surface area contributed by atoms with Gasteiger partial charge in [-0.1, -0.05) is 6.92 Å². The minimum atomic E-state index is 0.0561. The number of anilines is 1. The van der Waals surface area contributed by atoms with Crippen molar-refractivity contribution in [2.24, 2.45) is 10.2 Å². The number of fused-ring (bicyclic) bond motifs is 1. The van der Waals surface area contributed by atoms with E-state index in [9.17, 15) is 4.79 Å². The molecule has 1 heterocycles. The minimum absolute atomic E-state index is 0.0561. The molecule has 0 amide bonds. The normalized spacial score (nSPS) is 18.8. The molecule has 3 rings (SSSR count). The molecule has 26 heavy (non-hydrogen) atoms. The molecule has 136 valence electrons. The van der Waals surface area contributed by atoms with Gasteiger partial charge in [0.15, 0.2) is 5.78 Å². The van der Waals surface area contributed by atoms with Crippen molar-refractivity contribution in [1.29, 1.82) is 0 Å². The first kappa shape index (κ1) is 18.3. The highest BCUT2D eigenvalue weighted by atomic mass is 16.1. The zero-order valence-corrected chi connectivity index (χ0v) is 16.3. The molecule has 0 saturated carbocycles. The summed E-state index contributed by atoms with van der Waals surface area (Å²) in [5.41, 5.74) is 5.12. The van der Waals surface area contributed by atoms with Crippen molar-refractivity contribution in [2.45, 2.75) is 52.5 Å². The Balaban J connectivity index is 1.87. The SMILES string of the molecule is CCN1c2ccc(N=Nc3ccc(C(C)=O)cc3)cc2[C@@H](C)CC1(C)C. The lowest BCUT2D eigenvalue weighted by Gasteiger charge is -2.47. The van der Waals surface area contributed by atoms with Gasteiger partial charge in [-0.15, -0.1) is 0 Å². The predicted octanol–water partition coefficient (Wildman–Crippen LogP) is 6.42. The van der Waals surface area contributed by atoms with Crippen LogP contribution >= 0.6 is 0 Å². The van der Waals surface area contributed by atoms with E-state index in [1.807, 2.05) is 18.2 Å². The lowest BCUT2D eigenvalue weighted by atomic mass is 9.80. The Morgan fingerprint density at radius 3 is 2.35 bits per heavy atom. The van der Waals surface area contributed by atoms with E-state index in [1.165, 1.54) is 11.3 Å². The molecule has 4 nitrogen and oxygen atoms in total. The van der Waals surface area contributed by atoms with Gasteiger partial charge in [-0.05, 0) is 88.1 Å². The Labute approximate surface area is 156 Å². The van der Waals surface area contributed by atoms with Gasteiger partial charge in [0.05, 0.1) is 11.4 Å². The summed E-state index contributed by atoms with van der Waals surface area (Å²) < 4.78 is 0. The van der Waals surface area contributed by atoms with Crippen molar-refractivity contribution in [1.82, 2.24) is 0 Å². The number of benzene rings is 2. The second-order valence-electron chi connectivity index (χ2n) is 7.71. The van der Waals surface area contributed by atoms with Crippen molar-refractivity contribution >= 4 is 22.8 Å². The number of rotatable bonds is 4. The molecule has 1 aliphatic rings. The Morgan fingerprint density at radius 2 is 1.73 bits per heavy atom. The number of Topliss-reactive ketones (excluding diaryl/α,β-unsaturated/α-hetero) is 1. The number of ketones is 1. The monoisotopic (exact) mass is 349 g/mol. The second-order valence-corrected chi connectivity index (χ2v) is 7.71. The first-order valence-corrected chi connectivity index (χ1v) is 9.26. The van der Waals surface area contributed by atoms with E-state index in [2.05, 4.69) is 55.0 Å². The molecule has 0 N–H and O–H groups in total. The van der Waals surface area contributed by atoms with Gasteiger partial charge in [0.2, 0.25) is 0 Å². The average molecular weight is 349 g/mol. The first-order chi connectivity index (χ1) is 12.3. The maximum atomic E-state index is 11.3. The second kappa shape index (κ2) is 7.02. The van der Waals surface area contributed by atoms with Gasteiger partial charge < -0.3 is 4.90 Å². The van der Waals surface area contributed by atoms with Gasteiger partial charge in [0.1, 0.15) is 0 Å². The molecule has 0 unspecified atom stereocenters. The largest absolute Gasteiger partial charge is 0.366 e. The summed E-state index contributed by atoms with van der Waals surface area (Å²) in [7, 11) is 0. The molecule has 0 bridgehead atoms. The summed E-state index contributed by atoms with van der Waals surface area (Å²) in [4.78, 5) is 13.8. The summed E-state index contributed by atoms with van der Waals surface area (Å²) >= 11 is 0. The van der Waals surface area contributed by atoms with E-state index in [4.69, 9.17) is 0 Å². The smallest absolute Gasteiger partial charge is 0.159 e. The van der Waals surface area contributed by atoms with Gasteiger partial charge in [-0.3, -0.25) is 4.79 Å². The van der Waals surface area contributed by atoms with Crippen molar-refractivity contribution in [2.75, 3.05) is 11.4 Å². The van der Waals surface area contributed by atoms with Crippen molar-refractivity contribution in [3.8, 4) is 0 Å². The summed E-state index contributed by atoms with van der Waals surface area (Å²) in [6.45, 7) is 11.7. The number of azo groups is 1. The molecule has 4 heteroatoms. The van der Waals surface area contributed by atoms with Crippen LogP contribution in [0.5, 0.6) is 0 Å². The maximum Gasteiger partial charge on any atom is 0.159 e. The Morgan fingerprint density at radius 1 is 1.12 bits per heavy atom.